The Kier molecular flexibility index (Phi) is 6.87. The van der Waals surface area contributed by atoms with E-state index in [9.17, 15) is 9.18 Å². The van der Waals surface area contributed by atoms with Crippen LogP contribution in [0.15, 0.2) is 65.9 Å². The van der Waals surface area contributed by atoms with Crippen molar-refractivity contribution < 1.29 is 14.0 Å². The molecule has 0 aliphatic carbocycles. The number of carbonyl (C=O) groups excluding carboxylic acids is 1. The Balaban J connectivity index is 2.17. The summed E-state index contributed by atoms with van der Waals surface area (Å²) in [5, 5.41) is 11.6. The van der Waals surface area contributed by atoms with Gasteiger partial charge in [-0.15, -0.1) is 5.10 Å². The minimum Gasteiger partial charge on any atom is -0.335 e. The Morgan fingerprint density at radius 2 is 2.19 bits per heavy atom. The fraction of sp³-hybridized carbons (Fsp3) is 0.211. The van der Waals surface area contributed by atoms with Crippen LogP contribution in [0.4, 0.5) is 10.2 Å². The number of aromatic nitrogens is 3. The van der Waals surface area contributed by atoms with Gasteiger partial charge in [0, 0.05) is 31.1 Å². The lowest BCUT2D eigenvalue weighted by molar-refractivity contribution is -0.115. The number of halogens is 1. The second kappa shape index (κ2) is 9.33. The number of oxime groups is 1. The van der Waals surface area contributed by atoms with Crippen LogP contribution in [-0.2, 0) is 4.79 Å². The Labute approximate surface area is 156 Å². The minimum atomic E-state index is -0.662. The number of likely N-dealkylation sites (N-methyl/N-ethyl adjacent to an activating group) is 1. The van der Waals surface area contributed by atoms with Gasteiger partial charge in [0.15, 0.2) is 0 Å². The van der Waals surface area contributed by atoms with Crippen LogP contribution in [0.1, 0.15) is 25.8 Å². The number of pyridine rings is 1. The largest absolute Gasteiger partial charge is 0.335 e. The highest BCUT2D eigenvalue weighted by molar-refractivity contribution is 6.05. The fourth-order valence-corrected chi connectivity index (χ4v) is 2.13. The zero-order valence-electron chi connectivity index (χ0n) is 15.4. The Hall–Kier alpha value is -3.42. The number of nitrogens with zero attached hydrogens (tertiary/aromatic N) is 5. The lowest BCUT2D eigenvalue weighted by Crippen LogP contribution is -2.28. The van der Waals surface area contributed by atoms with Crippen LogP contribution in [0.5, 0.6) is 5.88 Å². The molecule has 0 spiro atoms. The second-order valence-electron chi connectivity index (χ2n) is 5.49. The maximum Gasteiger partial charge on any atom is 0.267 e. The first kappa shape index (κ1) is 19.9. The van der Waals surface area contributed by atoms with Gasteiger partial charge in [-0.1, -0.05) is 18.7 Å². The molecular formula is C19H20FN5O2. The van der Waals surface area contributed by atoms with E-state index < -0.39 is 11.7 Å². The third-order valence-corrected chi connectivity index (χ3v) is 3.72. The molecule has 2 aromatic rings. The molecule has 0 radical (unpaired) electrons. The molecule has 0 unspecified atom stereocenters. The van der Waals surface area contributed by atoms with Gasteiger partial charge < -0.3 is 4.84 Å². The first-order valence-corrected chi connectivity index (χ1v) is 8.22. The van der Waals surface area contributed by atoms with Crippen molar-refractivity contribution in [2.75, 3.05) is 11.9 Å². The summed E-state index contributed by atoms with van der Waals surface area (Å²) in [6.45, 7) is 6.65. The second-order valence-corrected chi connectivity index (χ2v) is 5.49. The molecule has 0 aromatic carbocycles. The van der Waals surface area contributed by atoms with Gasteiger partial charge in [-0.25, -0.2) is 9.37 Å². The lowest BCUT2D eigenvalue weighted by atomic mass is 10.1. The molecule has 1 amide bonds. The molecule has 0 aliphatic heterocycles. The molecular weight excluding hydrogens is 349 g/mol. The summed E-state index contributed by atoms with van der Waals surface area (Å²) in [4.78, 5) is 23.1. The first-order valence-electron chi connectivity index (χ1n) is 8.22. The van der Waals surface area contributed by atoms with Crippen molar-refractivity contribution in [1.29, 1.82) is 0 Å². The van der Waals surface area contributed by atoms with Gasteiger partial charge in [-0.05, 0) is 37.6 Å². The summed E-state index contributed by atoms with van der Waals surface area (Å²) in [5.41, 5.74) is 1.35. The van der Waals surface area contributed by atoms with Crippen molar-refractivity contribution in [3.63, 3.8) is 0 Å². The summed E-state index contributed by atoms with van der Waals surface area (Å²) in [6, 6.07) is 6.75. The van der Waals surface area contributed by atoms with Crippen molar-refractivity contribution in [2.24, 2.45) is 5.16 Å². The summed E-state index contributed by atoms with van der Waals surface area (Å²) < 4.78 is 13.5. The molecule has 2 rings (SSSR count). The van der Waals surface area contributed by atoms with Gasteiger partial charge >= 0.3 is 0 Å². The van der Waals surface area contributed by atoms with E-state index in [2.05, 4.69) is 26.9 Å². The number of carbonyl (C=O) groups is 1. The van der Waals surface area contributed by atoms with E-state index in [1.807, 2.05) is 6.92 Å². The number of hydrogen-bond acceptors (Lipinski definition) is 6. The number of hydrogen-bond donors (Lipinski definition) is 0. The Morgan fingerprint density at radius 3 is 2.74 bits per heavy atom. The number of amides is 1. The highest BCUT2D eigenvalue weighted by Gasteiger charge is 2.17. The van der Waals surface area contributed by atoms with Gasteiger partial charge in [0.25, 0.3) is 11.8 Å². The van der Waals surface area contributed by atoms with E-state index in [-0.39, 0.29) is 11.5 Å². The van der Waals surface area contributed by atoms with E-state index in [0.717, 1.165) is 11.6 Å². The monoisotopic (exact) mass is 369 g/mol. The summed E-state index contributed by atoms with van der Waals surface area (Å²) in [7, 11) is 1.52. The number of rotatable bonds is 7. The quantitative estimate of drug-likeness (QED) is 0.323. The number of anilines is 1. The highest BCUT2D eigenvalue weighted by atomic mass is 19.1. The average Bonchev–Trinajstić information content (AvgIpc) is 2.73. The molecule has 0 N–H and O–H groups in total. The maximum absolute atomic E-state index is 13.5. The molecule has 0 fully saturated rings. The normalized spacial score (nSPS) is 12.2. The molecule has 7 nitrogen and oxygen atoms in total. The third kappa shape index (κ3) is 5.04. The molecule has 0 saturated heterocycles. The molecule has 2 heterocycles. The Bertz CT molecular complexity index is 863. The van der Waals surface area contributed by atoms with Gasteiger partial charge in [-0.2, -0.15) is 5.10 Å². The van der Waals surface area contributed by atoms with Crippen molar-refractivity contribution in [3.8, 4) is 5.88 Å². The van der Waals surface area contributed by atoms with Crippen molar-refractivity contribution >= 4 is 17.4 Å². The molecule has 140 valence electrons. The lowest BCUT2D eigenvalue weighted by Gasteiger charge is -2.17. The zero-order valence-corrected chi connectivity index (χ0v) is 15.4. The maximum atomic E-state index is 13.5. The summed E-state index contributed by atoms with van der Waals surface area (Å²) in [6.07, 6.45) is 4.71. The van der Waals surface area contributed by atoms with Gasteiger partial charge in [0.1, 0.15) is 11.6 Å². The Morgan fingerprint density at radius 1 is 1.41 bits per heavy atom. The zero-order chi connectivity index (χ0) is 19.8. The van der Waals surface area contributed by atoms with Crippen molar-refractivity contribution in [3.05, 3.63) is 66.3 Å². The van der Waals surface area contributed by atoms with Gasteiger partial charge in [0.05, 0.1) is 11.3 Å². The molecule has 2 aromatic heterocycles. The van der Waals surface area contributed by atoms with Gasteiger partial charge in [-0.3, -0.25) is 9.69 Å². The van der Waals surface area contributed by atoms with Crippen LogP contribution in [0.2, 0.25) is 0 Å². The van der Waals surface area contributed by atoms with E-state index in [4.69, 9.17) is 4.84 Å². The van der Waals surface area contributed by atoms with Crippen LogP contribution < -0.4 is 9.74 Å². The van der Waals surface area contributed by atoms with E-state index >= 15 is 0 Å². The predicted octanol–water partition coefficient (Wildman–Crippen LogP) is 3.46. The van der Waals surface area contributed by atoms with E-state index in [0.29, 0.717) is 18.0 Å². The number of allylic oxidation sites excluding steroid dienone is 2. The van der Waals surface area contributed by atoms with E-state index in [1.165, 1.54) is 25.1 Å². The molecule has 0 bridgehead atoms. The highest BCUT2D eigenvalue weighted by Crippen LogP contribution is 2.16. The van der Waals surface area contributed by atoms with Crippen LogP contribution in [-0.4, -0.2) is 33.8 Å². The third-order valence-electron chi connectivity index (χ3n) is 3.72. The van der Waals surface area contributed by atoms with Crippen molar-refractivity contribution in [1.82, 2.24) is 15.2 Å². The SMILES string of the molecule is C=CC(F)=C(C)C(=O)N(C)c1ccc(C(CC)=NOc2cccnn2)cn1. The van der Waals surface area contributed by atoms with Gasteiger partial charge in [0.2, 0.25) is 0 Å². The smallest absolute Gasteiger partial charge is 0.267 e. The predicted molar refractivity (Wildman–Crippen MR) is 101 cm³/mol. The van der Waals surface area contributed by atoms with Crippen LogP contribution in [0.3, 0.4) is 0 Å². The first-order chi connectivity index (χ1) is 13.0. The van der Waals surface area contributed by atoms with E-state index in [1.54, 1.807) is 30.5 Å². The van der Waals surface area contributed by atoms with Crippen LogP contribution in [0, 0.1) is 0 Å². The molecule has 27 heavy (non-hydrogen) atoms. The fourth-order valence-electron chi connectivity index (χ4n) is 2.13. The molecule has 0 atom stereocenters. The molecule has 0 saturated carbocycles. The summed E-state index contributed by atoms with van der Waals surface area (Å²) >= 11 is 0. The average molecular weight is 369 g/mol. The van der Waals surface area contributed by atoms with Crippen LogP contribution in [0.25, 0.3) is 0 Å². The summed E-state index contributed by atoms with van der Waals surface area (Å²) in [5.74, 6) is -0.497. The molecule has 8 heteroatoms. The minimum absolute atomic E-state index is 0.0356. The topological polar surface area (TPSA) is 80.6 Å². The van der Waals surface area contributed by atoms with Crippen LogP contribution >= 0.6 is 0 Å². The standard InChI is InChI=1S/C19H20FN5O2/c1-5-15(20)13(3)19(26)25(4)17-10-9-14(12-21-17)16(6-2)24-27-18-8-7-11-22-23-18/h5,7-12H,1,6H2,2-4H3. The van der Waals surface area contributed by atoms with Crippen molar-refractivity contribution in [2.45, 2.75) is 20.3 Å². The molecule has 0 aliphatic rings.